The number of hydrogen-bond acceptors (Lipinski definition) is 7. The molecule has 1 aromatic heterocycles. The van der Waals surface area contributed by atoms with Crippen LogP contribution in [0.1, 0.15) is 35.2 Å². The molecule has 1 aliphatic rings. The number of benzene rings is 3. The van der Waals surface area contributed by atoms with Crippen LogP contribution in [0.25, 0.3) is 32.9 Å². The van der Waals surface area contributed by atoms with Crippen LogP contribution in [0.4, 0.5) is 3.89 Å². The summed E-state index contributed by atoms with van der Waals surface area (Å²) in [5.41, 5.74) is 4.40. The van der Waals surface area contributed by atoms with Gasteiger partial charge >= 0.3 is 11.9 Å². The maximum Gasteiger partial charge on any atom is 0.337 e. The predicted octanol–water partition coefficient (Wildman–Crippen LogP) is 3.47. The van der Waals surface area contributed by atoms with Crippen molar-refractivity contribution in [3.63, 3.8) is 0 Å². The van der Waals surface area contributed by atoms with Gasteiger partial charge in [0.1, 0.15) is 18.5 Å². The average Bonchev–Trinajstić information content (AvgIpc) is 3.24. The molecule has 2 amide bonds. The molecule has 1 fully saturated rings. The topological polar surface area (TPSA) is 145 Å². The van der Waals surface area contributed by atoms with Gasteiger partial charge in [-0.2, -0.15) is 4.57 Å². The molecule has 0 aliphatic carbocycles. The largest absolute Gasteiger partial charge is 0.746 e. The number of fused-ring (bicyclic) bond motifs is 2. The number of para-hydroxylation sites is 1. The molecular formula is C28H23FN2O8S. The lowest BCUT2D eigenvalue weighted by molar-refractivity contribution is -0.617. The SMILES string of the molecule is C[n+]1c2ccccc2c(C(=O)O)c2c(-c3ccc(CCC(=O)ON4C(=O)CCC4=O)cc3)cccc21.O=S([O-])F. The Morgan fingerprint density at radius 2 is 1.60 bits per heavy atom. The van der Waals surface area contributed by atoms with Gasteiger partial charge in [-0.1, -0.05) is 48.5 Å². The summed E-state index contributed by atoms with van der Waals surface area (Å²) in [7, 11) is 1.92. The zero-order valence-electron chi connectivity index (χ0n) is 21.2. The summed E-state index contributed by atoms with van der Waals surface area (Å²) in [4.78, 5) is 52.6. The van der Waals surface area contributed by atoms with E-state index >= 15 is 0 Å². The second-order valence-electron chi connectivity index (χ2n) is 8.89. The molecule has 10 nitrogen and oxygen atoms in total. The van der Waals surface area contributed by atoms with Crippen molar-refractivity contribution >= 4 is 57.0 Å². The number of carbonyl (C=O) groups excluding carboxylic acids is 3. The Morgan fingerprint density at radius 1 is 1.00 bits per heavy atom. The van der Waals surface area contributed by atoms with Crippen molar-refractivity contribution in [2.75, 3.05) is 0 Å². The predicted molar refractivity (Wildman–Crippen MR) is 141 cm³/mol. The molecule has 2 heterocycles. The first kappa shape index (κ1) is 28.5. The molecule has 1 atom stereocenters. The summed E-state index contributed by atoms with van der Waals surface area (Å²) in [6.45, 7) is 0. The molecule has 3 aromatic carbocycles. The average molecular weight is 567 g/mol. The minimum atomic E-state index is -3.36. The fourth-order valence-corrected chi connectivity index (χ4v) is 4.69. The zero-order valence-corrected chi connectivity index (χ0v) is 22.0. The highest BCUT2D eigenvalue weighted by Gasteiger charge is 2.32. The van der Waals surface area contributed by atoms with Crippen LogP contribution >= 0.6 is 0 Å². The Bertz CT molecular complexity index is 1650. The fraction of sp³-hybridized carbons (Fsp3) is 0.179. The highest BCUT2D eigenvalue weighted by molar-refractivity contribution is 7.73. The van der Waals surface area contributed by atoms with Gasteiger partial charge in [-0.05, 0) is 29.2 Å². The number of rotatable bonds is 6. The number of nitrogens with zero attached hydrogens (tertiary/aromatic N) is 2. The van der Waals surface area contributed by atoms with Gasteiger partial charge in [0.25, 0.3) is 11.8 Å². The lowest BCUT2D eigenvalue weighted by atomic mass is 9.93. The number of aryl methyl sites for hydroxylation is 2. The van der Waals surface area contributed by atoms with Crippen molar-refractivity contribution < 1.29 is 46.3 Å². The Hall–Kier alpha value is -4.55. The Labute approximate surface area is 230 Å². The number of pyridine rings is 1. The summed E-state index contributed by atoms with van der Waals surface area (Å²) < 4.78 is 28.6. The normalized spacial score (nSPS) is 13.7. The number of hydrogen-bond donors (Lipinski definition) is 1. The van der Waals surface area contributed by atoms with Gasteiger partial charge in [-0.25, -0.2) is 13.8 Å². The van der Waals surface area contributed by atoms with Crippen LogP contribution in [0.5, 0.6) is 0 Å². The van der Waals surface area contributed by atoms with Crippen LogP contribution in [-0.2, 0) is 44.2 Å². The number of carboxylic acid groups (broad SMARTS) is 1. The first-order valence-corrected chi connectivity index (χ1v) is 13.0. The van der Waals surface area contributed by atoms with Crippen molar-refractivity contribution in [1.29, 1.82) is 0 Å². The quantitative estimate of drug-likeness (QED) is 0.123. The molecule has 0 spiro atoms. The number of hydroxylamine groups is 2. The van der Waals surface area contributed by atoms with Crippen molar-refractivity contribution in [2.24, 2.45) is 7.05 Å². The summed E-state index contributed by atoms with van der Waals surface area (Å²) >= 11 is -3.36. The van der Waals surface area contributed by atoms with Crippen molar-refractivity contribution in [3.8, 4) is 11.1 Å². The fourth-order valence-electron chi connectivity index (χ4n) is 4.69. The zero-order chi connectivity index (χ0) is 29.0. The van der Waals surface area contributed by atoms with Crippen LogP contribution in [0.3, 0.4) is 0 Å². The van der Waals surface area contributed by atoms with Crippen LogP contribution in [0.15, 0.2) is 66.7 Å². The van der Waals surface area contributed by atoms with E-state index < -0.39 is 35.2 Å². The van der Waals surface area contributed by atoms with Gasteiger partial charge in [-0.3, -0.25) is 9.59 Å². The second-order valence-corrected chi connectivity index (χ2v) is 9.28. The van der Waals surface area contributed by atoms with E-state index in [-0.39, 0.29) is 24.8 Å². The standard InChI is InChI=1S/C28H22N2O6.FHO2S/c1-29-21-7-3-2-5-20(21)27(28(34)35)26-19(6-4-8-22(26)29)18-12-9-17(10-13-18)11-16-25(33)36-30-23(31)14-15-24(30)32;1-4(2)3/h2-10,12-13H,11,14-16H2,1H3;(H,2,3). The van der Waals surface area contributed by atoms with E-state index in [0.717, 1.165) is 27.7 Å². The van der Waals surface area contributed by atoms with Gasteiger partial charge in [0.2, 0.25) is 11.0 Å². The molecule has 0 radical (unpaired) electrons. The summed E-state index contributed by atoms with van der Waals surface area (Å²) in [6, 6.07) is 20.7. The lowest BCUT2D eigenvalue weighted by Crippen LogP contribution is -2.32. The van der Waals surface area contributed by atoms with E-state index in [4.69, 9.17) is 13.6 Å². The van der Waals surface area contributed by atoms with Crippen molar-refractivity contribution in [1.82, 2.24) is 5.06 Å². The highest BCUT2D eigenvalue weighted by atomic mass is 32.2. The third-order valence-electron chi connectivity index (χ3n) is 6.48. The van der Waals surface area contributed by atoms with Crippen LogP contribution in [-0.4, -0.2) is 42.7 Å². The Morgan fingerprint density at radius 3 is 2.23 bits per heavy atom. The smallest absolute Gasteiger partial charge is 0.337 e. The minimum Gasteiger partial charge on any atom is -0.746 e. The van der Waals surface area contributed by atoms with E-state index in [2.05, 4.69) is 0 Å². The molecule has 1 saturated heterocycles. The van der Waals surface area contributed by atoms with Gasteiger partial charge in [0.05, 0.1) is 22.8 Å². The van der Waals surface area contributed by atoms with E-state index in [0.29, 0.717) is 22.3 Å². The number of imide groups is 1. The number of aromatic nitrogens is 1. The Balaban J connectivity index is 0.000000867. The maximum absolute atomic E-state index is 12.4. The molecule has 1 unspecified atom stereocenters. The Kier molecular flexibility index (Phi) is 8.61. The van der Waals surface area contributed by atoms with Crippen LogP contribution < -0.4 is 4.57 Å². The number of aromatic carboxylic acids is 1. The van der Waals surface area contributed by atoms with E-state index in [9.17, 15) is 28.2 Å². The summed E-state index contributed by atoms with van der Waals surface area (Å²) in [5, 5.41) is 12.0. The molecule has 206 valence electrons. The van der Waals surface area contributed by atoms with E-state index in [1.54, 1.807) is 0 Å². The lowest BCUT2D eigenvalue weighted by Gasteiger charge is -2.13. The minimum absolute atomic E-state index is 0.00958. The first-order chi connectivity index (χ1) is 19.1. The molecule has 5 rings (SSSR count). The molecule has 40 heavy (non-hydrogen) atoms. The van der Waals surface area contributed by atoms with Gasteiger partial charge in [-0.15, -0.1) is 8.95 Å². The summed E-state index contributed by atoms with van der Waals surface area (Å²) in [5.74, 6) is -2.65. The molecule has 0 bridgehead atoms. The van der Waals surface area contributed by atoms with Crippen molar-refractivity contribution in [3.05, 3.63) is 77.9 Å². The second kappa shape index (κ2) is 12.1. The van der Waals surface area contributed by atoms with Gasteiger partial charge in [0.15, 0.2) is 0 Å². The van der Waals surface area contributed by atoms with E-state index in [1.165, 1.54) is 0 Å². The molecule has 4 aromatic rings. The highest BCUT2D eigenvalue weighted by Crippen LogP contribution is 2.33. The molecule has 0 saturated carbocycles. The number of halogens is 1. The monoisotopic (exact) mass is 566 g/mol. The van der Waals surface area contributed by atoms with Gasteiger partial charge < -0.3 is 14.5 Å². The van der Waals surface area contributed by atoms with Crippen LogP contribution in [0, 0.1) is 0 Å². The molecular weight excluding hydrogens is 543 g/mol. The number of amides is 2. The molecule has 1 aliphatic heterocycles. The summed E-state index contributed by atoms with van der Waals surface area (Å²) in [6.07, 6.45) is 0.485. The number of carbonyl (C=O) groups is 4. The van der Waals surface area contributed by atoms with Gasteiger partial charge in [0, 0.05) is 25.0 Å². The number of carboxylic acids is 1. The molecule has 12 heteroatoms. The third-order valence-corrected chi connectivity index (χ3v) is 6.48. The van der Waals surface area contributed by atoms with Crippen molar-refractivity contribution in [2.45, 2.75) is 25.7 Å². The maximum atomic E-state index is 12.4. The molecule has 1 N–H and O–H groups in total. The first-order valence-electron chi connectivity index (χ1n) is 12.1. The van der Waals surface area contributed by atoms with E-state index in [1.807, 2.05) is 78.3 Å². The van der Waals surface area contributed by atoms with Crippen LogP contribution in [0.2, 0.25) is 0 Å². The third kappa shape index (κ3) is 6.03.